The van der Waals surface area contributed by atoms with Crippen molar-refractivity contribution in [1.82, 2.24) is 15.4 Å². The maximum atomic E-state index is 12.4. The number of carbonyl (C=O) groups excluding carboxylic acids is 1. The van der Waals surface area contributed by atoms with Crippen LogP contribution in [0.25, 0.3) is 0 Å². The first-order valence-corrected chi connectivity index (χ1v) is 9.28. The Morgan fingerprint density at radius 2 is 2.08 bits per heavy atom. The lowest BCUT2D eigenvalue weighted by Crippen LogP contribution is -2.43. The van der Waals surface area contributed by atoms with Crippen molar-refractivity contribution in [3.05, 3.63) is 53.4 Å². The molecule has 4 rings (SSSR count). The average Bonchev–Trinajstić information content (AvgIpc) is 3.28. The highest BCUT2D eigenvalue weighted by molar-refractivity contribution is 5.92. The largest absolute Gasteiger partial charge is 0.371 e. The summed E-state index contributed by atoms with van der Waals surface area (Å²) >= 11 is 0. The standard InChI is InChI=1S/C20H25N3O3/c1-13(2)18-9-17(22-26-18)20(24)21-15-8-16-12-25-19(11-23(16)10-15)14-6-4-3-5-7-14/h3-7,9,13,15-16,19H,8,10-12H2,1-2H3,(H,21,24)/t15-,16+,19-/m1/s1. The van der Waals surface area contributed by atoms with Crippen LogP contribution in [-0.2, 0) is 4.74 Å². The van der Waals surface area contributed by atoms with Crippen LogP contribution in [0.5, 0.6) is 0 Å². The summed E-state index contributed by atoms with van der Waals surface area (Å²) in [5, 5.41) is 7.00. The fourth-order valence-electron chi connectivity index (χ4n) is 3.78. The van der Waals surface area contributed by atoms with E-state index < -0.39 is 0 Å². The molecule has 6 heteroatoms. The number of carbonyl (C=O) groups is 1. The van der Waals surface area contributed by atoms with E-state index in [4.69, 9.17) is 9.26 Å². The van der Waals surface area contributed by atoms with Crippen LogP contribution in [-0.4, -0.2) is 47.7 Å². The zero-order valence-corrected chi connectivity index (χ0v) is 15.2. The fraction of sp³-hybridized carbons (Fsp3) is 0.500. The van der Waals surface area contributed by atoms with Gasteiger partial charge in [0.25, 0.3) is 5.91 Å². The minimum absolute atomic E-state index is 0.103. The molecular weight excluding hydrogens is 330 g/mol. The van der Waals surface area contributed by atoms with Crippen LogP contribution in [0.2, 0.25) is 0 Å². The summed E-state index contributed by atoms with van der Waals surface area (Å²) in [4.78, 5) is 14.9. The van der Waals surface area contributed by atoms with Gasteiger partial charge in [0.15, 0.2) is 5.69 Å². The van der Waals surface area contributed by atoms with E-state index in [9.17, 15) is 4.79 Å². The first-order chi connectivity index (χ1) is 12.6. The molecule has 0 aliphatic carbocycles. The molecule has 26 heavy (non-hydrogen) atoms. The summed E-state index contributed by atoms with van der Waals surface area (Å²) in [6.07, 6.45) is 1.01. The Hall–Kier alpha value is -2.18. The van der Waals surface area contributed by atoms with Crippen molar-refractivity contribution in [2.75, 3.05) is 19.7 Å². The van der Waals surface area contributed by atoms with E-state index in [2.05, 4.69) is 27.5 Å². The Morgan fingerprint density at radius 1 is 1.27 bits per heavy atom. The van der Waals surface area contributed by atoms with Crippen molar-refractivity contribution in [3.63, 3.8) is 0 Å². The molecule has 6 nitrogen and oxygen atoms in total. The van der Waals surface area contributed by atoms with Crippen LogP contribution in [0.4, 0.5) is 0 Å². The maximum Gasteiger partial charge on any atom is 0.273 e. The van der Waals surface area contributed by atoms with Crippen molar-refractivity contribution >= 4 is 5.91 Å². The minimum atomic E-state index is -0.161. The topological polar surface area (TPSA) is 67.6 Å². The third kappa shape index (κ3) is 3.52. The Morgan fingerprint density at radius 3 is 2.81 bits per heavy atom. The number of nitrogens with one attached hydrogen (secondary N) is 1. The van der Waals surface area contributed by atoms with E-state index in [-0.39, 0.29) is 24.0 Å². The van der Waals surface area contributed by atoms with E-state index in [1.807, 2.05) is 32.0 Å². The summed E-state index contributed by atoms with van der Waals surface area (Å²) in [5.41, 5.74) is 1.57. The Bertz CT molecular complexity index is 759. The van der Waals surface area contributed by atoms with Gasteiger partial charge >= 0.3 is 0 Å². The minimum Gasteiger partial charge on any atom is -0.371 e. The summed E-state index contributed by atoms with van der Waals surface area (Å²) in [6.45, 7) is 6.44. The highest BCUT2D eigenvalue weighted by Gasteiger charge is 2.38. The van der Waals surface area contributed by atoms with Gasteiger partial charge in [0.05, 0.1) is 12.7 Å². The number of amides is 1. The van der Waals surface area contributed by atoms with Crippen molar-refractivity contribution in [2.45, 2.75) is 44.4 Å². The first kappa shape index (κ1) is 17.2. The van der Waals surface area contributed by atoms with Crippen LogP contribution in [0.1, 0.15) is 54.1 Å². The summed E-state index contributed by atoms with van der Waals surface area (Å²) in [5.74, 6) is 0.792. The molecule has 1 N–H and O–H groups in total. The van der Waals surface area contributed by atoms with E-state index >= 15 is 0 Å². The number of aromatic nitrogens is 1. The van der Waals surface area contributed by atoms with Crippen LogP contribution < -0.4 is 5.32 Å². The Kier molecular flexibility index (Phi) is 4.78. The van der Waals surface area contributed by atoms with Crippen LogP contribution in [0.15, 0.2) is 40.9 Å². The maximum absolute atomic E-state index is 12.4. The molecule has 2 saturated heterocycles. The second kappa shape index (κ2) is 7.21. The molecule has 1 aromatic heterocycles. The van der Waals surface area contributed by atoms with E-state index in [1.165, 1.54) is 5.56 Å². The molecule has 2 aliphatic rings. The molecule has 2 aliphatic heterocycles. The quantitative estimate of drug-likeness (QED) is 0.913. The molecule has 3 atom stereocenters. The second-order valence-electron chi connectivity index (χ2n) is 7.52. The molecule has 0 saturated carbocycles. The molecule has 2 fully saturated rings. The van der Waals surface area contributed by atoms with Crippen LogP contribution >= 0.6 is 0 Å². The lowest BCUT2D eigenvalue weighted by Gasteiger charge is -2.35. The Labute approximate surface area is 153 Å². The molecule has 0 unspecified atom stereocenters. The first-order valence-electron chi connectivity index (χ1n) is 9.28. The third-order valence-electron chi connectivity index (χ3n) is 5.25. The summed E-state index contributed by atoms with van der Waals surface area (Å²) in [7, 11) is 0. The second-order valence-corrected chi connectivity index (χ2v) is 7.52. The van der Waals surface area contributed by atoms with Gasteiger partial charge in [-0.25, -0.2) is 0 Å². The predicted molar refractivity (Wildman–Crippen MR) is 97.0 cm³/mol. The van der Waals surface area contributed by atoms with Gasteiger partial charge in [-0.05, 0) is 12.0 Å². The number of ether oxygens (including phenoxy) is 1. The van der Waals surface area contributed by atoms with Gasteiger partial charge < -0.3 is 14.6 Å². The smallest absolute Gasteiger partial charge is 0.273 e. The lowest BCUT2D eigenvalue weighted by molar-refractivity contribution is -0.0502. The normalized spacial score (nSPS) is 26.0. The van der Waals surface area contributed by atoms with Crippen LogP contribution in [0, 0.1) is 0 Å². The van der Waals surface area contributed by atoms with Gasteiger partial charge in [-0.1, -0.05) is 49.3 Å². The zero-order valence-electron chi connectivity index (χ0n) is 15.2. The number of benzene rings is 1. The van der Waals surface area contributed by atoms with Crippen molar-refractivity contribution < 1.29 is 14.1 Å². The monoisotopic (exact) mass is 355 g/mol. The molecule has 1 amide bonds. The van der Waals surface area contributed by atoms with Crippen LogP contribution in [0.3, 0.4) is 0 Å². The van der Waals surface area contributed by atoms with Crippen molar-refractivity contribution in [2.24, 2.45) is 0 Å². The molecule has 138 valence electrons. The fourth-order valence-corrected chi connectivity index (χ4v) is 3.78. The predicted octanol–water partition coefficient (Wildman–Crippen LogP) is 2.74. The van der Waals surface area contributed by atoms with Crippen molar-refractivity contribution in [3.8, 4) is 0 Å². The van der Waals surface area contributed by atoms with E-state index in [0.29, 0.717) is 18.3 Å². The Balaban J connectivity index is 1.35. The lowest BCUT2D eigenvalue weighted by atomic mass is 10.1. The van der Waals surface area contributed by atoms with Gasteiger partial charge in [-0.3, -0.25) is 9.69 Å². The van der Waals surface area contributed by atoms with Gasteiger partial charge in [-0.15, -0.1) is 0 Å². The number of rotatable bonds is 4. The van der Waals surface area contributed by atoms with Crippen molar-refractivity contribution in [1.29, 1.82) is 0 Å². The third-order valence-corrected chi connectivity index (χ3v) is 5.25. The van der Waals surface area contributed by atoms with Gasteiger partial charge in [0.2, 0.25) is 0 Å². The van der Waals surface area contributed by atoms with Gasteiger partial charge in [0.1, 0.15) is 5.76 Å². The SMILES string of the molecule is CC(C)c1cc(C(=O)N[C@@H]2C[C@H]3CO[C@@H](c4ccccc4)CN3C2)no1. The summed E-state index contributed by atoms with van der Waals surface area (Å²) in [6, 6.07) is 12.5. The van der Waals surface area contributed by atoms with E-state index in [0.717, 1.165) is 25.3 Å². The molecule has 2 aromatic rings. The molecule has 0 radical (unpaired) electrons. The zero-order chi connectivity index (χ0) is 18.1. The number of nitrogens with zero attached hydrogens (tertiary/aromatic N) is 2. The van der Waals surface area contributed by atoms with Gasteiger partial charge in [0, 0.05) is 37.2 Å². The van der Waals surface area contributed by atoms with Gasteiger partial charge in [-0.2, -0.15) is 0 Å². The summed E-state index contributed by atoms with van der Waals surface area (Å²) < 4.78 is 11.3. The molecule has 0 spiro atoms. The number of fused-ring (bicyclic) bond motifs is 1. The highest BCUT2D eigenvalue weighted by Crippen LogP contribution is 2.30. The molecule has 1 aromatic carbocycles. The number of hydrogen-bond acceptors (Lipinski definition) is 5. The number of hydrogen-bond donors (Lipinski definition) is 1. The van der Waals surface area contributed by atoms with E-state index in [1.54, 1.807) is 6.07 Å². The average molecular weight is 355 g/mol. The molecule has 0 bridgehead atoms. The molecule has 3 heterocycles. The number of morpholine rings is 1. The highest BCUT2D eigenvalue weighted by atomic mass is 16.5. The molecular formula is C20H25N3O3.